The van der Waals surface area contributed by atoms with Crippen LogP contribution in [-0.4, -0.2) is 11.2 Å². The van der Waals surface area contributed by atoms with E-state index in [1.165, 1.54) is 19.3 Å². The van der Waals surface area contributed by atoms with Gasteiger partial charge >= 0.3 is 0 Å². The molecule has 4 fully saturated rings. The molecular weight excluding hydrogens is 124 g/mol. The molecule has 0 saturated heterocycles. The molecule has 0 amide bonds. The summed E-state index contributed by atoms with van der Waals surface area (Å²) in [6.07, 6.45) is 5.41. The first kappa shape index (κ1) is 5.59. The van der Waals surface area contributed by atoms with Crippen molar-refractivity contribution in [3.63, 3.8) is 0 Å². The van der Waals surface area contributed by atoms with Crippen LogP contribution in [0.3, 0.4) is 0 Å². The Balaban J connectivity index is 1.92. The maximum absolute atomic E-state index is 9.60. The van der Waals surface area contributed by atoms with Gasteiger partial charge in [0.1, 0.15) is 0 Å². The molecule has 4 rings (SSSR count). The van der Waals surface area contributed by atoms with Crippen LogP contribution in [0.1, 0.15) is 25.7 Å². The summed E-state index contributed by atoms with van der Waals surface area (Å²) in [4.78, 5) is 0. The van der Waals surface area contributed by atoms with E-state index in [0.29, 0.717) is 0 Å². The standard InChI is InChI=1S/C9H14O/c10-9-3-5-1-2-6(9)8-4-7(5)8/h5-10H,1-4H2/t5-,6+,7-,8+,9-/m1/s1. The summed E-state index contributed by atoms with van der Waals surface area (Å²) in [6, 6.07) is 0. The first-order valence-corrected chi connectivity index (χ1v) is 4.54. The predicted molar refractivity (Wildman–Crippen MR) is 38.4 cm³/mol. The van der Waals surface area contributed by atoms with Crippen molar-refractivity contribution in [3.8, 4) is 0 Å². The maximum Gasteiger partial charge on any atom is 0.0573 e. The van der Waals surface area contributed by atoms with Crippen LogP contribution in [0.15, 0.2) is 0 Å². The zero-order valence-corrected chi connectivity index (χ0v) is 6.16. The van der Waals surface area contributed by atoms with Crippen molar-refractivity contribution in [2.75, 3.05) is 0 Å². The van der Waals surface area contributed by atoms with Gasteiger partial charge in [0, 0.05) is 0 Å². The largest absolute Gasteiger partial charge is 0.393 e. The summed E-state index contributed by atoms with van der Waals surface area (Å²) in [5, 5.41) is 9.60. The molecule has 4 aliphatic rings. The van der Waals surface area contributed by atoms with Crippen LogP contribution in [0.25, 0.3) is 0 Å². The smallest absolute Gasteiger partial charge is 0.0573 e. The topological polar surface area (TPSA) is 20.2 Å². The molecular formula is C9H14O. The van der Waals surface area contributed by atoms with Gasteiger partial charge in [0.2, 0.25) is 0 Å². The Bertz CT molecular complexity index is 164. The Morgan fingerprint density at radius 1 is 0.900 bits per heavy atom. The van der Waals surface area contributed by atoms with Gasteiger partial charge in [-0.1, -0.05) is 0 Å². The molecule has 1 nitrogen and oxygen atoms in total. The van der Waals surface area contributed by atoms with Crippen LogP contribution in [0, 0.1) is 23.7 Å². The Morgan fingerprint density at radius 3 is 2.40 bits per heavy atom. The van der Waals surface area contributed by atoms with E-state index in [1.54, 1.807) is 0 Å². The third kappa shape index (κ3) is 0.531. The van der Waals surface area contributed by atoms with Crippen LogP contribution in [0.5, 0.6) is 0 Å². The summed E-state index contributed by atoms with van der Waals surface area (Å²) in [6.45, 7) is 0. The molecule has 4 aliphatic carbocycles. The molecule has 0 unspecified atom stereocenters. The predicted octanol–water partition coefficient (Wildman–Crippen LogP) is 1.41. The van der Waals surface area contributed by atoms with E-state index in [9.17, 15) is 5.11 Å². The fourth-order valence-electron chi connectivity index (χ4n) is 3.36. The number of rotatable bonds is 0. The minimum Gasteiger partial charge on any atom is -0.393 e. The van der Waals surface area contributed by atoms with E-state index in [4.69, 9.17) is 0 Å². The molecule has 0 aromatic carbocycles. The lowest BCUT2D eigenvalue weighted by Gasteiger charge is -2.39. The van der Waals surface area contributed by atoms with Gasteiger partial charge in [-0.05, 0) is 49.4 Å². The summed E-state index contributed by atoms with van der Waals surface area (Å²) >= 11 is 0. The summed E-state index contributed by atoms with van der Waals surface area (Å²) in [5.74, 6) is 3.66. The molecule has 0 aliphatic heterocycles. The van der Waals surface area contributed by atoms with E-state index in [-0.39, 0.29) is 6.10 Å². The van der Waals surface area contributed by atoms with E-state index < -0.39 is 0 Å². The molecule has 0 aromatic rings. The lowest BCUT2D eigenvalue weighted by Crippen LogP contribution is -2.37. The second kappa shape index (κ2) is 1.58. The highest BCUT2D eigenvalue weighted by atomic mass is 16.3. The van der Waals surface area contributed by atoms with Crippen molar-refractivity contribution < 1.29 is 5.11 Å². The van der Waals surface area contributed by atoms with Gasteiger partial charge in [0.25, 0.3) is 0 Å². The van der Waals surface area contributed by atoms with Crippen molar-refractivity contribution in [1.82, 2.24) is 0 Å². The fourth-order valence-corrected chi connectivity index (χ4v) is 3.36. The second-order valence-corrected chi connectivity index (χ2v) is 4.37. The van der Waals surface area contributed by atoms with Crippen molar-refractivity contribution in [3.05, 3.63) is 0 Å². The molecule has 5 atom stereocenters. The van der Waals surface area contributed by atoms with Crippen LogP contribution >= 0.6 is 0 Å². The molecule has 4 saturated carbocycles. The molecule has 56 valence electrons. The van der Waals surface area contributed by atoms with Gasteiger partial charge in [-0.2, -0.15) is 0 Å². The molecule has 10 heavy (non-hydrogen) atoms. The number of aliphatic hydroxyl groups is 1. The molecule has 0 heterocycles. The van der Waals surface area contributed by atoms with E-state index in [2.05, 4.69) is 0 Å². The van der Waals surface area contributed by atoms with E-state index in [1.807, 2.05) is 0 Å². The average Bonchev–Trinajstić information content (AvgIpc) is 2.66. The highest BCUT2D eigenvalue weighted by Gasteiger charge is 2.56. The first-order chi connectivity index (χ1) is 4.86. The summed E-state index contributed by atoms with van der Waals surface area (Å²) in [7, 11) is 0. The van der Waals surface area contributed by atoms with Gasteiger partial charge in [-0.15, -0.1) is 0 Å². The lowest BCUT2D eigenvalue weighted by atomic mass is 9.69. The normalized spacial score (nSPS) is 63.9. The lowest BCUT2D eigenvalue weighted by molar-refractivity contribution is -0.00514. The van der Waals surface area contributed by atoms with Crippen molar-refractivity contribution in [2.45, 2.75) is 31.8 Å². The van der Waals surface area contributed by atoms with Crippen LogP contribution in [0.4, 0.5) is 0 Å². The van der Waals surface area contributed by atoms with Gasteiger partial charge in [0.05, 0.1) is 6.10 Å². The average molecular weight is 138 g/mol. The van der Waals surface area contributed by atoms with E-state index in [0.717, 1.165) is 30.1 Å². The van der Waals surface area contributed by atoms with Gasteiger partial charge in [-0.25, -0.2) is 0 Å². The molecule has 1 N–H and O–H groups in total. The molecule has 1 heteroatoms. The quantitative estimate of drug-likeness (QED) is 0.536. The summed E-state index contributed by atoms with van der Waals surface area (Å²) < 4.78 is 0. The van der Waals surface area contributed by atoms with Crippen molar-refractivity contribution in [1.29, 1.82) is 0 Å². The highest BCUT2D eigenvalue weighted by molar-refractivity contribution is 5.06. The minimum absolute atomic E-state index is 0.0856. The SMILES string of the molecule is O[C@@H]1C[C@H]2CC[C@H]1[C@@H]1C[C@H]21. The van der Waals surface area contributed by atoms with Gasteiger partial charge < -0.3 is 5.11 Å². The monoisotopic (exact) mass is 138 g/mol. The van der Waals surface area contributed by atoms with Crippen LogP contribution in [-0.2, 0) is 0 Å². The first-order valence-electron chi connectivity index (χ1n) is 4.54. The Kier molecular flexibility index (Phi) is 0.883. The van der Waals surface area contributed by atoms with Gasteiger partial charge in [-0.3, -0.25) is 0 Å². The zero-order chi connectivity index (χ0) is 6.72. The van der Waals surface area contributed by atoms with Crippen molar-refractivity contribution in [2.24, 2.45) is 23.7 Å². The van der Waals surface area contributed by atoms with Crippen LogP contribution < -0.4 is 0 Å². The zero-order valence-electron chi connectivity index (χ0n) is 6.16. The Hall–Kier alpha value is -0.0400. The maximum atomic E-state index is 9.60. The minimum atomic E-state index is 0.0856. The molecule has 2 bridgehead atoms. The highest BCUT2D eigenvalue weighted by Crippen LogP contribution is 2.62. The Morgan fingerprint density at radius 2 is 1.80 bits per heavy atom. The Labute approximate surface area is 61.4 Å². The number of aliphatic hydroxyl groups excluding tert-OH is 1. The molecule has 0 aromatic heterocycles. The second-order valence-electron chi connectivity index (χ2n) is 4.37. The number of fused-ring (bicyclic) bond motifs is 2. The third-order valence-corrected chi connectivity index (χ3v) is 3.96. The number of hydrogen-bond donors (Lipinski definition) is 1. The van der Waals surface area contributed by atoms with E-state index >= 15 is 0 Å². The van der Waals surface area contributed by atoms with Gasteiger partial charge in [0.15, 0.2) is 0 Å². The molecule has 0 radical (unpaired) electrons. The fraction of sp³-hybridized carbons (Fsp3) is 1.00. The third-order valence-electron chi connectivity index (χ3n) is 3.96. The molecule has 0 spiro atoms. The summed E-state index contributed by atoms with van der Waals surface area (Å²) in [5.41, 5.74) is 0. The van der Waals surface area contributed by atoms with Crippen LogP contribution in [0.2, 0.25) is 0 Å². The van der Waals surface area contributed by atoms with Crippen molar-refractivity contribution >= 4 is 0 Å². The number of hydrogen-bond acceptors (Lipinski definition) is 1.